The van der Waals surface area contributed by atoms with Crippen LogP contribution in [-0.2, 0) is 14.3 Å². The summed E-state index contributed by atoms with van der Waals surface area (Å²) in [5, 5.41) is 6.42. The Morgan fingerprint density at radius 2 is 1.68 bits per heavy atom. The number of benzene rings is 3. The molecule has 0 spiro atoms. The van der Waals surface area contributed by atoms with Crippen LogP contribution < -0.4 is 15.5 Å². The van der Waals surface area contributed by atoms with E-state index in [1.54, 1.807) is 57.2 Å². The molecule has 2 atom stereocenters. The highest BCUT2D eigenvalue weighted by Gasteiger charge is 2.38. The van der Waals surface area contributed by atoms with Gasteiger partial charge in [0.2, 0.25) is 5.91 Å². The average molecular weight is 554 g/mol. The Bertz CT molecular complexity index is 1340. The van der Waals surface area contributed by atoms with Crippen LogP contribution in [0.3, 0.4) is 0 Å². The van der Waals surface area contributed by atoms with E-state index in [0.29, 0.717) is 21.4 Å². The van der Waals surface area contributed by atoms with Crippen molar-refractivity contribution in [3.8, 4) is 0 Å². The number of fused-ring (bicyclic) bond motifs is 1. The molecule has 2 N–H and O–H groups in total. The maximum atomic E-state index is 14.0. The highest BCUT2D eigenvalue weighted by Crippen LogP contribution is 2.40. The van der Waals surface area contributed by atoms with Gasteiger partial charge in [-0.3, -0.25) is 14.5 Å². The van der Waals surface area contributed by atoms with Crippen LogP contribution >= 0.6 is 23.2 Å². The zero-order valence-corrected chi connectivity index (χ0v) is 22.8. The van der Waals surface area contributed by atoms with Crippen molar-refractivity contribution in [2.45, 2.75) is 44.8 Å². The third kappa shape index (κ3) is 6.85. The van der Waals surface area contributed by atoms with Gasteiger partial charge in [0, 0.05) is 27.3 Å². The number of nitrogens with one attached hydrogen (secondary N) is 2. The first-order chi connectivity index (χ1) is 18.0. The number of anilines is 2. The van der Waals surface area contributed by atoms with Gasteiger partial charge in [0.1, 0.15) is 18.2 Å². The normalized spacial score (nSPS) is 17.3. The molecule has 4 rings (SSSR count). The lowest BCUT2D eigenvalue weighted by Gasteiger charge is -2.27. The van der Waals surface area contributed by atoms with Gasteiger partial charge >= 0.3 is 12.0 Å². The molecule has 0 radical (unpaired) electrons. The largest absolute Gasteiger partial charge is 0.459 e. The molecule has 7 nitrogen and oxygen atoms in total. The van der Waals surface area contributed by atoms with Gasteiger partial charge in [-0.25, -0.2) is 4.79 Å². The second-order valence-electron chi connectivity index (χ2n) is 10.1. The maximum Gasteiger partial charge on any atom is 0.326 e. The Balaban J connectivity index is 1.72. The van der Waals surface area contributed by atoms with Gasteiger partial charge in [0.15, 0.2) is 0 Å². The first kappa shape index (κ1) is 27.5. The van der Waals surface area contributed by atoms with Crippen molar-refractivity contribution in [3.05, 3.63) is 94.0 Å². The van der Waals surface area contributed by atoms with E-state index in [2.05, 4.69) is 10.6 Å². The molecule has 9 heteroatoms. The number of amides is 3. The van der Waals surface area contributed by atoms with Crippen molar-refractivity contribution >= 4 is 52.5 Å². The van der Waals surface area contributed by atoms with Crippen LogP contribution in [-0.4, -0.2) is 36.1 Å². The number of nitrogens with zero attached hydrogens (tertiary/aromatic N) is 1. The van der Waals surface area contributed by atoms with Gasteiger partial charge in [-0.15, -0.1) is 0 Å². The molecule has 3 aromatic rings. The number of esters is 1. The van der Waals surface area contributed by atoms with Crippen LogP contribution in [0.1, 0.15) is 44.2 Å². The second kappa shape index (κ2) is 11.5. The standard InChI is InChI=1S/C29H29Cl2N3O4/c1-29(2,3)38-26(35)17-34-25-15-20(31)12-13-22(25)23(18-8-5-4-6-9-18)16-24(27(34)36)33-28(37)32-21-11-7-10-19(30)14-21/h4-15,23-24H,16-17H2,1-3H3,(H2,32,33,37)/t23-,24-/m1/s1. The fourth-order valence-electron chi connectivity index (χ4n) is 4.49. The summed E-state index contributed by atoms with van der Waals surface area (Å²) in [6.07, 6.45) is 0.269. The molecule has 1 aliphatic rings. The number of urea groups is 1. The number of rotatable bonds is 5. The summed E-state index contributed by atoms with van der Waals surface area (Å²) < 4.78 is 5.51. The lowest BCUT2D eigenvalue weighted by atomic mass is 9.86. The quantitative estimate of drug-likeness (QED) is 0.358. The molecule has 0 bridgehead atoms. The molecule has 1 heterocycles. The van der Waals surface area contributed by atoms with Gasteiger partial charge in [0.05, 0.1) is 0 Å². The Kier molecular flexibility index (Phi) is 8.29. The van der Waals surface area contributed by atoms with Crippen LogP contribution in [0.2, 0.25) is 10.0 Å². The van der Waals surface area contributed by atoms with Crippen molar-refractivity contribution in [1.29, 1.82) is 0 Å². The molecule has 198 valence electrons. The highest BCUT2D eigenvalue weighted by atomic mass is 35.5. The monoisotopic (exact) mass is 553 g/mol. The SMILES string of the molecule is CC(C)(C)OC(=O)CN1C(=O)[C@H](NC(=O)Nc2cccc(Cl)c2)C[C@H](c2ccccc2)c2ccc(Cl)cc21. The molecule has 0 unspecified atom stereocenters. The predicted molar refractivity (Wildman–Crippen MR) is 150 cm³/mol. The predicted octanol–water partition coefficient (Wildman–Crippen LogP) is 6.39. The molecule has 3 amide bonds. The van der Waals surface area contributed by atoms with Gasteiger partial charge < -0.3 is 15.4 Å². The summed E-state index contributed by atoms with van der Waals surface area (Å²) in [6, 6.07) is 20.2. The molecule has 0 saturated carbocycles. The minimum absolute atomic E-state index is 0.257. The van der Waals surface area contributed by atoms with Crippen LogP contribution in [0.25, 0.3) is 0 Å². The molecule has 38 heavy (non-hydrogen) atoms. The van der Waals surface area contributed by atoms with Crippen LogP contribution in [0.15, 0.2) is 72.8 Å². The number of hydrogen-bond acceptors (Lipinski definition) is 4. The summed E-state index contributed by atoms with van der Waals surface area (Å²) in [6.45, 7) is 4.95. The van der Waals surface area contributed by atoms with E-state index in [9.17, 15) is 14.4 Å². The Hall–Kier alpha value is -3.55. The van der Waals surface area contributed by atoms with E-state index in [0.717, 1.165) is 11.1 Å². The zero-order valence-electron chi connectivity index (χ0n) is 21.3. The fourth-order valence-corrected chi connectivity index (χ4v) is 4.85. The molecule has 1 aliphatic heterocycles. The summed E-state index contributed by atoms with van der Waals surface area (Å²) in [7, 11) is 0. The zero-order chi connectivity index (χ0) is 27.4. The number of halogens is 2. The van der Waals surface area contributed by atoms with Crippen molar-refractivity contribution < 1.29 is 19.1 Å². The number of carbonyl (C=O) groups is 3. The van der Waals surface area contributed by atoms with E-state index in [4.69, 9.17) is 27.9 Å². The average Bonchev–Trinajstić information content (AvgIpc) is 2.94. The molecule has 0 fully saturated rings. The summed E-state index contributed by atoms with van der Waals surface area (Å²) >= 11 is 12.4. The van der Waals surface area contributed by atoms with Crippen molar-refractivity contribution in [2.75, 3.05) is 16.8 Å². The molecular weight excluding hydrogens is 525 g/mol. The van der Waals surface area contributed by atoms with E-state index in [-0.39, 0.29) is 18.9 Å². The lowest BCUT2D eigenvalue weighted by Crippen LogP contribution is -2.51. The van der Waals surface area contributed by atoms with E-state index >= 15 is 0 Å². The minimum Gasteiger partial charge on any atom is -0.459 e. The minimum atomic E-state index is -0.951. The maximum absolute atomic E-state index is 14.0. The van der Waals surface area contributed by atoms with Crippen molar-refractivity contribution in [2.24, 2.45) is 0 Å². The van der Waals surface area contributed by atoms with E-state index < -0.39 is 29.6 Å². The number of ether oxygens (including phenoxy) is 1. The Morgan fingerprint density at radius 3 is 2.37 bits per heavy atom. The van der Waals surface area contributed by atoms with E-state index in [1.165, 1.54) is 4.90 Å². The van der Waals surface area contributed by atoms with Gasteiger partial charge in [-0.05, 0) is 68.7 Å². The second-order valence-corrected chi connectivity index (χ2v) is 10.9. The molecular formula is C29H29Cl2N3O4. The van der Waals surface area contributed by atoms with Crippen LogP contribution in [0.4, 0.5) is 16.2 Å². The highest BCUT2D eigenvalue weighted by molar-refractivity contribution is 6.31. The first-order valence-corrected chi connectivity index (χ1v) is 13.0. The number of carbonyl (C=O) groups excluding carboxylic acids is 3. The fraction of sp³-hybridized carbons (Fsp3) is 0.276. The van der Waals surface area contributed by atoms with Gasteiger partial charge in [-0.2, -0.15) is 0 Å². The Labute approximate surface area is 232 Å². The van der Waals surface area contributed by atoms with Gasteiger partial charge in [0.25, 0.3) is 0 Å². The summed E-state index contributed by atoms with van der Waals surface area (Å²) in [4.78, 5) is 41.2. The van der Waals surface area contributed by atoms with Crippen molar-refractivity contribution in [3.63, 3.8) is 0 Å². The van der Waals surface area contributed by atoms with Crippen LogP contribution in [0, 0.1) is 0 Å². The molecule has 0 saturated heterocycles. The third-order valence-electron chi connectivity index (χ3n) is 5.99. The van der Waals surface area contributed by atoms with Gasteiger partial charge in [-0.1, -0.05) is 65.7 Å². The summed E-state index contributed by atoms with van der Waals surface area (Å²) in [5.41, 5.74) is 2.03. The van der Waals surface area contributed by atoms with Crippen molar-refractivity contribution in [1.82, 2.24) is 5.32 Å². The number of hydrogen-bond donors (Lipinski definition) is 2. The lowest BCUT2D eigenvalue weighted by molar-refractivity contribution is -0.153. The van der Waals surface area contributed by atoms with Crippen LogP contribution in [0.5, 0.6) is 0 Å². The molecule has 0 aliphatic carbocycles. The van der Waals surface area contributed by atoms with E-state index in [1.807, 2.05) is 36.4 Å². The summed E-state index contributed by atoms with van der Waals surface area (Å²) in [5.74, 6) is -1.27. The molecule has 0 aromatic heterocycles. The third-order valence-corrected chi connectivity index (χ3v) is 6.46. The molecule has 3 aromatic carbocycles. The topological polar surface area (TPSA) is 87.7 Å². The first-order valence-electron chi connectivity index (χ1n) is 12.2. The Morgan fingerprint density at radius 1 is 0.974 bits per heavy atom. The smallest absolute Gasteiger partial charge is 0.326 e.